The molecular formula is C17H23F3N4O3. The van der Waals surface area contributed by atoms with Crippen molar-refractivity contribution in [1.29, 1.82) is 0 Å². The number of alkyl halides is 3. The van der Waals surface area contributed by atoms with Gasteiger partial charge in [0.1, 0.15) is 5.69 Å². The fourth-order valence-electron chi connectivity index (χ4n) is 3.12. The average molecular weight is 388 g/mol. The van der Waals surface area contributed by atoms with Gasteiger partial charge >= 0.3 is 6.18 Å². The molecule has 1 amide bonds. The normalized spacial score (nSPS) is 15.6. The summed E-state index contributed by atoms with van der Waals surface area (Å²) in [6.45, 7) is 2.13. The summed E-state index contributed by atoms with van der Waals surface area (Å²) in [5.41, 5.74) is -1.46. The van der Waals surface area contributed by atoms with Crippen LogP contribution >= 0.6 is 0 Å². The zero-order valence-electron chi connectivity index (χ0n) is 15.0. The lowest BCUT2D eigenvalue weighted by atomic mass is 9.95. The number of carbonyl (C=O) groups is 1. The lowest BCUT2D eigenvalue weighted by Gasteiger charge is -2.32. The van der Waals surface area contributed by atoms with Crippen LogP contribution in [0, 0.1) is 16.0 Å². The van der Waals surface area contributed by atoms with E-state index in [2.05, 4.69) is 10.6 Å². The molecule has 1 aromatic carbocycles. The number of anilines is 1. The van der Waals surface area contributed by atoms with Crippen molar-refractivity contribution in [2.75, 3.05) is 38.1 Å². The molecule has 0 aliphatic carbocycles. The third kappa shape index (κ3) is 5.56. The van der Waals surface area contributed by atoms with Crippen molar-refractivity contribution in [1.82, 2.24) is 10.6 Å². The monoisotopic (exact) mass is 388 g/mol. The maximum absolute atomic E-state index is 12.8. The summed E-state index contributed by atoms with van der Waals surface area (Å²) >= 11 is 0. The first kappa shape index (κ1) is 20.9. The van der Waals surface area contributed by atoms with Gasteiger partial charge in [-0.1, -0.05) is 0 Å². The predicted octanol–water partition coefficient (Wildman–Crippen LogP) is 2.56. The average Bonchev–Trinajstić information content (AvgIpc) is 2.64. The van der Waals surface area contributed by atoms with Gasteiger partial charge in [-0.3, -0.25) is 14.9 Å². The number of nitrogens with zero attached hydrogens (tertiary/aromatic N) is 2. The van der Waals surface area contributed by atoms with E-state index in [1.54, 1.807) is 4.90 Å². The lowest BCUT2D eigenvalue weighted by molar-refractivity contribution is -0.384. The number of halogens is 3. The number of nitrogens with one attached hydrogen (secondary N) is 2. The molecule has 0 aromatic heterocycles. The number of amides is 1. The Morgan fingerprint density at radius 3 is 2.52 bits per heavy atom. The van der Waals surface area contributed by atoms with Gasteiger partial charge in [-0.2, -0.15) is 13.2 Å². The molecule has 10 heteroatoms. The topological polar surface area (TPSA) is 87.5 Å². The highest BCUT2D eigenvalue weighted by Crippen LogP contribution is 2.37. The van der Waals surface area contributed by atoms with E-state index in [1.165, 1.54) is 0 Å². The molecule has 0 radical (unpaired) electrons. The minimum Gasteiger partial charge on any atom is -0.366 e. The molecule has 1 aromatic rings. The summed E-state index contributed by atoms with van der Waals surface area (Å²) in [5.74, 6) is -0.239. The van der Waals surface area contributed by atoms with Gasteiger partial charge in [0.15, 0.2) is 0 Å². The van der Waals surface area contributed by atoms with Crippen molar-refractivity contribution >= 4 is 17.3 Å². The van der Waals surface area contributed by atoms with E-state index in [0.29, 0.717) is 38.5 Å². The summed E-state index contributed by atoms with van der Waals surface area (Å²) in [6.07, 6.45) is -2.83. The first-order valence-electron chi connectivity index (χ1n) is 8.77. The Balaban J connectivity index is 2.01. The van der Waals surface area contributed by atoms with Gasteiger partial charge in [-0.25, -0.2) is 0 Å². The summed E-state index contributed by atoms with van der Waals surface area (Å²) in [7, 11) is 1.83. The van der Waals surface area contributed by atoms with Crippen LogP contribution in [0.1, 0.15) is 24.8 Å². The van der Waals surface area contributed by atoms with E-state index >= 15 is 0 Å². The van der Waals surface area contributed by atoms with Crippen LogP contribution < -0.4 is 15.5 Å². The zero-order valence-corrected chi connectivity index (χ0v) is 15.0. The number of piperidine rings is 1. The van der Waals surface area contributed by atoms with Crippen molar-refractivity contribution in [3.63, 3.8) is 0 Å². The Kier molecular flexibility index (Phi) is 7.00. The summed E-state index contributed by atoms with van der Waals surface area (Å²) < 4.78 is 38.4. The van der Waals surface area contributed by atoms with Gasteiger partial charge in [0.05, 0.1) is 10.5 Å². The molecule has 27 heavy (non-hydrogen) atoms. The summed E-state index contributed by atoms with van der Waals surface area (Å²) in [6, 6.07) is 2.55. The highest BCUT2D eigenvalue weighted by Gasteiger charge is 2.34. The first-order chi connectivity index (χ1) is 12.7. The van der Waals surface area contributed by atoms with Gasteiger partial charge in [-0.15, -0.1) is 0 Å². The van der Waals surface area contributed by atoms with Gasteiger partial charge in [0.25, 0.3) is 5.69 Å². The van der Waals surface area contributed by atoms with Crippen molar-refractivity contribution in [3.05, 3.63) is 33.9 Å². The Morgan fingerprint density at radius 2 is 1.96 bits per heavy atom. The SMILES string of the molecule is CNCCCNC(=O)C1CCN(c2ccc(C(F)(F)F)cc2[N+](=O)[O-])CC1. The Morgan fingerprint density at radius 1 is 1.30 bits per heavy atom. The minimum absolute atomic E-state index is 0.0485. The Hall–Kier alpha value is -2.36. The van der Waals surface area contributed by atoms with Crippen LogP contribution in [0.4, 0.5) is 24.5 Å². The molecule has 7 nitrogen and oxygen atoms in total. The van der Waals surface area contributed by atoms with E-state index in [1.807, 2.05) is 7.05 Å². The molecule has 1 saturated heterocycles. The Bertz CT molecular complexity index is 674. The van der Waals surface area contributed by atoms with Gasteiger partial charge < -0.3 is 15.5 Å². The molecule has 150 valence electrons. The fraction of sp³-hybridized carbons (Fsp3) is 0.588. The van der Waals surface area contributed by atoms with Crippen molar-refractivity contribution in [2.24, 2.45) is 5.92 Å². The molecule has 2 rings (SSSR count). The predicted molar refractivity (Wildman–Crippen MR) is 94.6 cm³/mol. The maximum Gasteiger partial charge on any atom is 0.416 e. The second-order valence-corrected chi connectivity index (χ2v) is 6.47. The van der Waals surface area contributed by atoms with Crippen LogP contribution in [0.3, 0.4) is 0 Å². The largest absolute Gasteiger partial charge is 0.416 e. The molecule has 1 fully saturated rings. The molecular weight excluding hydrogens is 365 g/mol. The van der Waals surface area contributed by atoms with Crippen LogP contribution in [0.25, 0.3) is 0 Å². The quantitative estimate of drug-likeness (QED) is 0.426. The lowest BCUT2D eigenvalue weighted by Crippen LogP contribution is -2.41. The molecule has 2 N–H and O–H groups in total. The number of benzene rings is 1. The summed E-state index contributed by atoms with van der Waals surface area (Å²) in [5, 5.41) is 17.1. The van der Waals surface area contributed by atoms with Crippen LogP contribution in [0.2, 0.25) is 0 Å². The molecule has 1 aliphatic heterocycles. The van der Waals surface area contributed by atoms with Gasteiger partial charge in [0, 0.05) is 31.6 Å². The number of nitro groups is 1. The summed E-state index contributed by atoms with van der Waals surface area (Å²) in [4.78, 5) is 24.3. The van der Waals surface area contributed by atoms with E-state index in [0.717, 1.165) is 25.1 Å². The van der Waals surface area contributed by atoms with Crippen LogP contribution in [0.15, 0.2) is 18.2 Å². The number of hydrogen-bond acceptors (Lipinski definition) is 5. The van der Waals surface area contributed by atoms with E-state index in [4.69, 9.17) is 0 Å². The molecule has 0 spiro atoms. The fourth-order valence-corrected chi connectivity index (χ4v) is 3.12. The van der Waals surface area contributed by atoms with Gasteiger partial charge in [-0.05, 0) is 45.0 Å². The number of rotatable bonds is 7. The highest BCUT2D eigenvalue weighted by atomic mass is 19.4. The third-order valence-corrected chi connectivity index (χ3v) is 4.61. The molecule has 0 unspecified atom stereocenters. The van der Waals surface area contributed by atoms with Crippen molar-refractivity contribution < 1.29 is 22.9 Å². The van der Waals surface area contributed by atoms with E-state index in [-0.39, 0.29) is 17.5 Å². The van der Waals surface area contributed by atoms with Gasteiger partial charge in [0.2, 0.25) is 5.91 Å². The second-order valence-electron chi connectivity index (χ2n) is 6.47. The third-order valence-electron chi connectivity index (χ3n) is 4.61. The number of carbonyl (C=O) groups excluding carboxylic acids is 1. The smallest absolute Gasteiger partial charge is 0.366 e. The molecule has 1 aliphatic rings. The van der Waals surface area contributed by atoms with Crippen molar-refractivity contribution in [2.45, 2.75) is 25.4 Å². The standard InChI is InChI=1S/C17H23F3N4O3/c1-21-7-2-8-22-16(25)12-5-9-23(10-6-12)14-4-3-13(17(18,19)20)11-15(14)24(26)27/h3-4,11-12,21H,2,5-10H2,1H3,(H,22,25). The van der Waals surface area contributed by atoms with Crippen molar-refractivity contribution in [3.8, 4) is 0 Å². The first-order valence-corrected chi connectivity index (χ1v) is 8.77. The molecule has 1 heterocycles. The maximum atomic E-state index is 12.8. The second kappa shape index (κ2) is 9.03. The van der Waals surface area contributed by atoms with Crippen LogP contribution in [-0.2, 0) is 11.0 Å². The molecule has 0 saturated carbocycles. The van der Waals surface area contributed by atoms with E-state index < -0.39 is 22.4 Å². The van der Waals surface area contributed by atoms with Crippen LogP contribution in [0.5, 0.6) is 0 Å². The Labute approximate surface area is 155 Å². The highest BCUT2D eigenvalue weighted by molar-refractivity contribution is 5.79. The number of nitro benzene ring substituents is 1. The molecule has 0 atom stereocenters. The van der Waals surface area contributed by atoms with E-state index in [9.17, 15) is 28.1 Å². The minimum atomic E-state index is -4.64. The zero-order chi connectivity index (χ0) is 20.0. The molecule has 0 bridgehead atoms. The van der Waals surface area contributed by atoms with Crippen LogP contribution in [-0.4, -0.2) is 44.1 Å². The number of hydrogen-bond donors (Lipinski definition) is 2.